The van der Waals surface area contributed by atoms with Crippen molar-refractivity contribution in [2.24, 2.45) is 46.3 Å². The molecule has 0 radical (unpaired) electrons. The highest BCUT2D eigenvalue weighted by Gasteiger charge is 2.60. The highest BCUT2D eigenvalue weighted by atomic mass is 16.4. The molecule has 4 aliphatic carbocycles. The summed E-state index contributed by atoms with van der Waals surface area (Å²) in [6, 6.07) is 0. The van der Waals surface area contributed by atoms with Crippen LogP contribution in [0.5, 0.6) is 0 Å². The molecule has 5 rings (SSSR count). The predicted molar refractivity (Wildman–Crippen MR) is 116 cm³/mol. The largest absolute Gasteiger partial charge is 0.476 e. The van der Waals surface area contributed by atoms with Crippen LogP contribution < -0.4 is 0 Å². The SMILES string of the molecule is CC1CCC2(C)C(CCC3C2CCC2(C)C(C(=O)Cn4ncc(C(=O)O)n4)CCC32)C1. The molecule has 4 saturated carbocycles. The minimum atomic E-state index is -1.11. The number of aromatic carboxylic acids is 1. The van der Waals surface area contributed by atoms with E-state index in [4.69, 9.17) is 5.11 Å². The maximum Gasteiger partial charge on any atom is 0.358 e. The van der Waals surface area contributed by atoms with Gasteiger partial charge in [0.2, 0.25) is 0 Å². The van der Waals surface area contributed by atoms with Crippen LogP contribution in [-0.4, -0.2) is 31.9 Å². The second-order valence-electron chi connectivity index (χ2n) is 11.7. The highest BCUT2D eigenvalue weighted by molar-refractivity contribution is 5.85. The van der Waals surface area contributed by atoms with Gasteiger partial charge in [0, 0.05) is 5.92 Å². The molecule has 6 nitrogen and oxygen atoms in total. The molecule has 1 heterocycles. The molecule has 6 heteroatoms. The van der Waals surface area contributed by atoms with Crippen LogP contribution in [0.1, 0.15) is 89.0 Å². The number of fused-ring (bicyclic) bond motifs is 5. The molecule has 8 unspecified atom stereocenters. The third kappa shape index (κ3) is 3.27. The molecule has 1 N–H and O–H groups in total. The first-order valence-electron chi connectivity index (χ1n) is 12.4. The number of ketones is 1. The molecule has 0 amide bonds. The molecule has 8 atom stereocenters. The van der Waals surface area contributed by atoms with Gasteiger partial charge in [-0.15, -0.1) is 5.10 Å². The zero-order chi connectivity index (χ0) is 22.0. The van der Waals surface area contributed by atoms with Crippen molar-refractivity contribution >= 4 is 11.8 Å². The van der Waals surface area contributed by atoms with Crippen LogP contribution in [0.3, 0.4) is 0 Å². The zero-order valence-corrected chi connectivity index (χ0v) is 19.2. The van der Waals surface area contributed by atoms with Crippen molar-refractivity contribution in [1.29, 1.82) is 0 Å². The molecule has 1 aromatic rings. The van der Waals surface area contributed by atoms with E-state index >= 15 is 0 Å². The first kappa shape index (κ1) is 21.1. The topological polar surface area (TPSA) is 85.1 Å². The van der Waals surface area contributed by atoms with Crippen LogP contribution in [0.4, 0.5) is 0 Å². The van der Waals surface area contributed by atoms with E-state index in [1.807, 2.05) is 0 Å². The van der Waals surface area contributed by atoms with Crippen LogP contribution in [0, 0.1) is 46.3 Å². The third-order valence-corrected chi connectivity index (χ3v) is 10.4. The second kappa shape index (κ2) is 7.41. The Balaban J connectivity index is 1.32. The van der Waals surface area contributed by atoms with Crippen molar-refractivity contribution in [2.45, 2.75) is 85.1 Å². The van der Waals surface area contributed by atoms with Gasteiger partial charge in [-0.05, 0) is 91.8 Å². The lowest BCUT2D eigenvalue weighted by Crippen LogP contribution is -2.53. The lowest BCUT2D eigenvalue weighted by atomic mass is 9.44. The highest BCUT2D eigenvalue weighted by Crippen LogP contribution is 2.67. The Labute approximate surface area is 185 Å². The summed E-state index contributed by atoms with van der Waals surface area (Å²) in [6.45, 7) is 7.50. The molecule has 0 spiro atoms. The zero-order valence-electron chi connectivity index (χ0n) is 19.2. The summed E-state index contributed by atoms with van der Waals surface area (Å²) in [7, 11) is 0. The smallest absolute Gasteiger partial charge is 0.358 e. The summed E-state index contributed by atoms with van der Waals surface area (Å²) in [6.07, 6.45) is 12.7. The number of carboxylic acid groups (broad SMARTS) is 1. The lowest BCUT2D eigenvalue weighted by Gasteiger charge is -2.61. The van der Waals surface area contributed by atoms with Crippen LogP contribution in [0.15, 0.2) is 6.20 Å². The quantitative estimate of drug-likeness (QED) is 0.743. The first-order valence-corrected chi connectivity index (χ1v) is 12.4. The van der Waals surface area contributed by atoms with E-state index in [0.29, 0.717) is 11.3 Å². The number of rotatable bonds is 4. The number of Topliss-reactive ketones (excluding diaryl/α,β-unsaturated/α-hetero) is 1. The summed E-state index contributed by atoms with van der Waals surface area (Å²) in [4.78, 5) is 25.6. The van der Waals surface area contributed by atoms with Gasteiger partial charge in [-0.25, -0.2) is 4.79 Å². The fourth-order valence-corrected chi connectivity index (χ4v) is 8.72. The Morgan fingerprint density at radius 1 is 1.06 bits per heavy atom. The predicted octanol–water partition coefficient (Wildman–Crippen LogP) is 4.84. The number of carboxylic acids is 1. The van der Waals surface area contributed by atoms with Gasteiger partial charge < -0.3 is 5.11 Å². The third-order valence-electron chi connectivity index (χ3n) is 10.4. The molecule has 0 bridgehead atoms. The first-order chi connectivity index (χ1) is 14.7. The van der Waals surface area contributed by atoms with Gasteiger partial charge in [-0.3, -0.25) is 4.79 Å². The van der Waals surface area contributed by atoms with Crippen LogP contribution in [0.2, 0.25) is 0 Å². The molecule has 31 heavy (non-hydrogen) atoms. The van der Waals surface area contributed by atoms with E-state index in [1.165, 1.54) is 49.5 Å². The average Bonchev–Trinajstić information content (AvgIpc) is 3.32. The molecule has 4 fully saturated rings. The number of hydrogen-bond donors (Lipinski definition) is 1. The van der Waals surface area contributed by atoms with Crippen molar-refractivity contribution in [3.63, 3.8) is 0 Å². The van der Waals surface area contributed by atoms with E-state index in [-0.39, 0.29) is 29.4 Å². The summed E-state index contributed by atoms with van der Waals surface area (Å²) < 4.78 is 0. The molecule has 4 aliphatic rings. The van der Waals surface area contributed by atoms with E-state index in [9.17, 15) is 9.59 Å². The summed E-state index contributed by atoms with van der Waals surface area (Å²) in [5, 5.41) is 17.0. The Kier molecular flexibility index (Phi) is 5.06. The Hall–Kier alpha value is -1.72. The number of carbonyl (C=O) groups is 2. The second-order valence-corrected chi connectivity index (χ2v) is 11.7. The minimum absolute atomic E-state index is 0.0506. The van der Waals surface area contributed by atoms with Gasteiger partial charge in [0.15, 0.2) is 11.5 Å². The van der Waals surface area contributed by atoms with Crippen molar-refractivity contribution < 1.29 is 14.7 Å². The number of nitrogens with zero attached hydrogens (tertiary/aromatic N) is 3. The van der Waals surface area contributed by atoms with Gasteiger partial charge in [-0.2, -0.15) is 9.90 Å². The van der Waals surface area contributed by atoms with E-state index in [1.54, 1.807) is 0 Å². The van der Waals surface area contributed by atoms with Crippen molar-refractivity contribution in [1.82, 2.24) is 15.0 Å². The van der Waals surface area contributed by atoms with Gasteiger partial charge in [0.05, 0.1) is 6.20 Å². The molecule has 0 aliphatic heterocycles. The van der Waals surface area contributed by atoms with E-state index in [0.717, 1.165) is 42.9 Å². The fraction of sp³-hybridized carbons (Fsp3) is 0.840. The summed E-state index contributed by atoms with van der Waals surface area (Å²) in [5.74, 6) is 3.16. The average molecular weight is 428 g/mol. The molecule has 0 aromatic carbocycles. The normalized spacial score (nSPS) is 44.2. The molecular weight excluding hydrogens is 390 g/mol. The number of hydrogen-bond acceptors (Lipinski definition) is 4. The van der Waals surface area contributed by atoms with E-state index in [2.05, 4.69) is 31.0 Å². The van der Waals surface area contributed by atoms with Gasteiger partial charge in [-0.1, -0.05) is 27.2 Å². The van der Waals surface area contributed by atoms with Crippen LogP contribution >= 0.6 is 0 Å². The lowest BCUT2D eigenvalue weighted by molar-refractivity contribution is -0.137. The Morgan fingerprint density at radius 2 is 1.81 bits per heavy atom. The van der Waals surface area contributed by atoms with Gasteiger partial charge >= 0.3 is 5.97 Å². The molecule has 0 saturated heterocycles. The van der Waals surface area contributed by atoms with Crippen molar-refractivity contribution in [3.8, 4) is 0 Å². The monoisotopic (exact) mass is 427 g/mol. The maximum absolute atomic E-state index is 13.3. The Bertz CT molecular complexity index is 881. The van der Waals surface area contributed by atoms with Crippen molar-refractivity contribution in [2.75, 3.05) is 0 Å². The Morgan fingerprint density at radius 3 is 2.55 bits per heavy atom. The maximum atomic E-state index is 13.3. The van der Waals surface area contributed by atoms with Gasteiger partial charge in [0.1, 0.15) is 6.54 Å². The van der Waals surface area contributed by atoms with E-state index < -0.39 is 5.97 Å². The molecule has 170 valence electrons. The fourth-order valence-electron chi connectivity index (χ4n) is 8.72. The number of aromatic nitrogens is 3. The van der Waals surface area contributed by atoms with Crippen molar-refractivity contribution in [3.05, 3.63) is 11.9 Å². The molecular formula is C25H37N3O3. The standard InChI is InChI=1S/C25H37N3O3/c1-15-8-10-24(2)16(12-15)4-5-17-18-6-7-20(25(18,3)11-9-19(17)24)22(29)14-28-26-13-21(27-28)23(30)31/h13,15-20H,4-12,14H2,1-3H3,(H,30,31). The number of carbonyl (C=O) groups excluding carboxylic acids is 1. The summed E-state index contributed by atoms with van der Waals surface area (Å²) in [5.41, 5.74) is 0.479. The van der Waals surface area contributed by atoms with Crippen LogP contribution in [-0.2, 0) is 11.3 Å². The molecule has 1 aromatic heterocycles. The van der Waals surface area contributed by atoms with Crippen LogP contribution in [0.25, 0.3) is 0 Å². The minimum Gasteiger partial charge on any atom is -0.476 e. The summed E-state index contributed by atoms with van der Waals surface area (Å²) >= 11 is 0. The van der Waals surface area contributed by atoms with Gasteiger partial charge in [0.25, 0.3) is 0 Å².